The molecule has 0 aliphatic carbocycles. The largest absolute Gasteiger partial charge is 0.461 e. The Kier molecular flexibility index (Phi) is 8.73. The number of pyridine rings is 1. The summed E-state index contributed by atoms with van der Waals surface area (Å²) in [5.74, 6) is 1.43. The van der Waals surface area contributed by atoms with E-state index in [0.717, 1.165) is 48.6 Å². The molecule has 206 valence electrons. The second kappa shape index (κ2) is 11.9. The molecule has 39 heavy (non-hydrogen) atoms. The van der Waals surface area contributed by atoms with Crippen molar-refractivity contribution in [2.75, 3.05) is 57.5 Å². The van der Waals surface area contributed by atoms with Crippen LogP contribution in [-0.2, 0) is 11.2 Å². The highest BCUT2D eigenvalue weighted by Crippen LogP contribution is 2.26. The number of nitrogens with zero attached hydrogens (tertiary/aromatic N) is 8. The van der Waals surface area contributed by atoms with Crippen molar-refractivity contribution in [2.45, 2.75) is 44.3 Å². The van der Waals surface area contributed by atoms with Crippen LogP contribution in [0.3, 0.4) is 0 Å². The van der Waals surface area contributed by atoms with Gasteiger partial charge >= 0.3 is 6.01 Å². The summed E-state index contributed by atoms with van der Waals surface area (Å²) in [5.41, 5.74) is 9.79. The number of ether oxygens (including phenoxy) is 1. The van der Waals surface area contributed by atoms with Gasteiger partial charge in [0, 0.05) is 38.8 Å². The van der Waals surface area contributed by atoms with Crippen molar-refractivity contribution >= 4 is 46.7 Å². The number of imidazole rings is 1. The topological polar surface area (TPSA) is 118 Å². The zero-order valence-electron chi connectivity index (χ0n) is 24.4. The van der Waals surface area contributed by atoms with Gasteiger partial charge in [-0.25, -0.2) is 14.5 Å². The van der Waals surface area contributed by atoms with Gasteiger partial charge in [-0.05, 0) is 38.6 Å². The number of nitrogen functional groups attached to an aromatic ring is 1. The molecule has 14 heteroatoms. The van der Waals surface area contributed by atoms with Crippen LogP contribution < -0.4 is 15.4 Å². The van der Waals surface area contributed by atoms with E-state index in [4.69, 9.17) is 15.5 Å². The summed E-state index contributed by atoms with van der Waals surface area (Å²) in [6.45, 7) is 7.61. The van der Waals surface area contributed by atoms with Gasteiger partial charge in [-0.1, -0.05) is 24.5 Å². The summed E-state index contributed by atoms with van der Waals surface area (Å²) in [6.07, 6.45) is 6.16. The number of rotatable bonds is 10. The number of anilines is 2. The van der Waals surface area contributed by atoms with Crippen molar-refractivity contribution in [3.05, 3.63) is 35.3 Å². The molecule has 1 saturated heterocycles. The van der Waals surface area contributed by atoms with Crippen molar-refractivity contribution in [1.82, 2.24) is 34.4 Å². The molecule has 1 unspecified atom stereocenters. The Morgan fingerprint density at radius 1 is 1.18 bits per heavy atom. The number of amides is 1. The average Bonchev–Trinajstić information content (AvgIpc) is 3.26. The second-order valence-electron chi connectivity index (χ2n) is 11.8. The van der Waals surface area contributed by atoms with Crippen LogP contribution in [0.2, 0.25) is 5.11 Å². The maximum absolute atomic E-state index is 12.4. The van der Waals surface area contributed by atoms with Crippen LogP contribution in [0.25, 0.3) is 5.65 Å². The molecule has 4 heterocycles. The average molecular weight is 531 g/mol. The van der Waals surface area contributed by atoms with E-state index in [1.54, 1.807) is 10.7 Å². The van der Waals surface area contributed by atoms with Crippen LogP contribution in [0.1, 0.15) is 36.6 Å². The zero-order valence-corrected chi connectivity index (χ0v) is 24.4. The molecule has 0 bridgehead atoms. The first-order chi connectivity index (χ1) is 18.5. The van der Waals surface area contributed by atoms with E-state index in [1.165, 1.54) is 0 Å². The third-order valence-corrected chi connectivity index (χ3v) is 7.08. The van der Waals surface area contributed by atoms with Gasteiger partial charge in [0.2, 0.25) is 5.91 Å². The summed E-state index contributed by atoms with van der Waals surface area (Å²) in [4.78, 5) is 32.1. The Morgan fingerprint density at radius 3 is 2.51 bits per heavy atom. The van der Waals surface area contributed by atoms with Crippen molar-refractivity contribution in [3.63, 3.8) is 0 Å². The lowest BCUT2D eigenvalue weighted by molar-refractivity contribution is -0.132. The van der Waals surface area contributed by atoms with E-state index in [-0.39, 0.29) is 23.1 Å². The molecular formula is C25H40B3N9O2. The molecule has 1 aliphatic rings. The van der Waals surface area contributed by atoms with E-state index in [1.807, 2.05) is 30.1 Å². The molecule has 4 rings (SSSR count). The first-order valence-corrected chi connectivity index (χ1v) is 13.8. The number of hydrogen-bond donors (Lipinski definition) is 1. The minimum absolute atomic E-state index is 0.0290. The third-order valence-electron chi connectivity index (χ3n) is 7.08. The lowest BCUT2D eigenvalue weighted by atomic mass is 9.40. The predicted molar refractivity (Wildman–Crippen MR) is 162 cm³/mol. The predicted octanol–water partition coefficient (Wildman–Crippen LogP) is -1.27. The van der Waals surface area contributed by atoms with Gasteiger partial charge in [-0.3, -0.25) is 4.79 Å². The Labute approximate surface area is 233 Å². The Balaban J connectivity index is 1.48. The number of fused-ring (bicyclic) bond motifs is 1. The van der Waals surface area contributed by atoms with Crippen LogP contribution in [0.15, 0.2) is 18.5 Å². The lowest BCUT2D eigenvalue weighted by Gasteiger charge is -2.36. The number of piperazine rings is 1. The fourth-order valence-electron chi connectivity index (χ4n) is 4.96. The zero-order chi connectivity index (χ0) is 28.3. The SMILES string of the molecule is BC(B)(B)C(CCC)Oc1nc(N)c2ncc(Cc3cnc(N4CCN(C(=O)CN(C)C)CC4)c(C)c3)n2n1. The molecule has 1 aliphatic heterocycles. The number of aromatic nitrogens is 5. The minimum atomic E-state index is -0.0554. The highest BCUT2D eigenvalue weighted by molar-refractivity contribution is 6.59. The van der Waals surface area contributed by atoms with Crippen LogP contribution >= 0.6 is 0 Å². The number of hydrogen-bond acceptors (Lipinski definition) is 9. The van der Waals surface area contributed by atoms with Crippen molar-refractivity contribution < 1.29 is 9.53 Å². The van der Waals surface area contributed by atoms with Crippen LogP contribution in [0, 0.1) is 6.92 Å². The fraction of sp³-hybridized carbons (Fsp3) is 0.560. The van der Waals surface area contributed by atoms with Crippen molar-refractivity contribution in [2.24, 2.45) is 0 Å². The quantitative estimate of drug-likeness (QED) is 0.320. The monoisotopic (exact) mass is 531 g/mol. The number of carbonyl (C=O) groups is 1. The molecular weight excluding hydrogens is 491 g/mol. The fourth-order valence-corrected chi connectivity index (χ4v) is 4.96. The van der Waals surface area contributed by atoms with Gasteiger partial charge in [0.25, 0.3) is 0 Å². The molecule has 3 aromatic heterocycles. The molecule has 0 aromatic carbocycles. The Bertz CT molecular complexity index is 1300. The van der Waals surface area contributed by atoms with Crippen LogP contribution in [0.4, 0.5) is 11.6 Å². The molecule has 2 N–H and O–H groups in total. The Hall–Kier alpha value is -3.28. The summed E-state index contributed by atoms with van der Waals surface area (Å²) in [6, 6.07) is 2.42. The van der Waals surface area contributed by atoms with Gasteiger partial charge < -0.3 is 25.2 Å². The maximum Gasteiger partial charge on any atom is 0.336 e. The first kappa shape index (κ1) is 28.7. The standard InChI is InChI=1S/C25H40B3N9O2/c1-5-6-19(25(26,27)28)39-24-32-21(29)23-31-14-18(37(23)33-24)12-17-11-16(2)22(30-13-17)36-9-7-35(8-10-36)20(38)15-34(3)4/h11,13-14,19H,5-10,12,15,26-28H2,1-4H3,(H2,29,32,33). The van der Waals surface area contributed by atoms with Gasteiger partial charge in [0.15, 0.2) is 11.5 Å². The molecule has 0 saturated carbocycles. The van der Waals surface area contributed by atoms with E-state index in [2.05, 4.69) is 63.4 Å². The molecule has 1 atom stereocenters. The molecule has 1 fully saturated rings. The molecule has 3 aromatic rings. The number of nitrogens with two attached hydrogens (primary N) is 1. The van der Waals surface area contributed by atoms with Gasteiger partial charge in [0.05, 0.1) is 48.1 Å². The van der Waals surface area contributed by atoms with Crippen molar-refractivity contribution in [3.8, 4) is 6.01 Å². The molecule has 0 spiro atoms. The number of likely N-dealkylation sites (N-methyl/N-ethyl adjacent to an activating group) is 1. The van der Waals surface area contributed by atoms with E-state index in [9.17, 15) is 4.79 Å². The van der Waals surface area contributed by atoms with Gasteiger partial charge in [0.1, 0.15) is 5.82 Å². The van der Waals surface area contributed by atoms with E-state index in [0.29, 0.717) is 37.5 Å². The van der Waals surface area contributed by atoms with E-state index < -0.39 is 0 Å². The summed E-state index contributed by atoms with van der Waals surface area (Å²) < 4.78 is 7.96. The number of aryl methyl sites for hydroxylation is 1. The minimum Gasteiger partial charge on any atom is -0.461 e. The maximum atomic E-state index is 12.4. The molecule has 0 radical (unpaired) electrons. The molecule has 11 nitrogen and oxygen atoms in total. The van der Waals surface area contributed by atoms with Crippen LogP contribution in [0.5, 0.6) is 6.01 Å². The highest BCUT2D eigenvalue weighted by Gasteiger charge is 2.27. The van der Waals surface area contributed by atoms with Gasteiger partial charge in [-0.15, -0.1) is 5.10 Å². The van der Waals surface area contributed by atoms with Crippen LogP contribution in [-0.4, -0.2) is 117 Å². The second-order valence-corrected chi connectivity index (χ2v) is 11.8. The summed E-state index contributed by atoms with van der Waals surface area (Å²) in [5, 5.41) is 4.60. The third kappa shape index (κ3) is 6.84. The lowest BCUT2D eigenvalue weighted by Crippen LogP contribution is -2.51. The van der Waals surface area contributed by atoms with E-state index >= 15 is 0 Å². The van der Waals surface area contributed by atoms with Crippen molar-refractivity contribution in [1.29, 1.82) is 0 Å². The Morgan fingerprint density at radius 2 is 1.90 bits per heavy atom. The van der Waals surface area contributed by atoms with Gasteiger partial charge in [-0.2, -0.15) is 4.98 Å². The first-order valence-electron chi connectivity index (χ1n) is 13.8. The molecule has 1 amide bonds. The normalized spacial score (nSPS) is 15.2. The number of carbonyl (C=O) groups excluding carboxylic acids is 1. The summed E-state index contributed by atoms with van der Waals surface area (Å²) >= 11 is 0. The summed E-state index contributed by atoms with van der Waals surface area (Å²) in [7, 11) is 10.3. The highest BCUT2D eigenvalue weighted by atomic mass is 16.5. The smallest absolute Gasteiger partial charge is 0.336 e.